The molecule has 39 heavy (non-hydrogen) atoms. The minimum absolute atomic E-state index is 0.223. The number of nitrogens with one attached hydrogen (secondary N) is 3. The third-order valence-corrected chi connectivity index (χ3v) is 5.89. The lowest BCUT2D eigenvalue weighted by Gasteiger charge is -2.14. The van der Waals surface area contributed by atoms with Crippen molar-refractivity contribution in [1.29, 1.82) is 0 Å². The fourth-order valence-corrected chi connectivity index (χ4v) is 3.75. The summed E-state index contributed by atoms with van der Waals surface area (Å²) in [5.41, 5.74) is 3.02. The summed E-state index contributed by atoms with van der Waals surface area (Å²) in [7, 11) is 3.14. The molecule has 0 saturated heterocycles. The van der Waals surface area contributed by atoms with E-state index in [2.05, 4.69) is 41.7 Å². The maximum atomic E-state index is 13.0. The topological polar surface area (TPSA) is 119 Å². The van der Waals surface area contributed by atoms with Crippen LogP contribution in [0.1, 0.15) is 42.5 Å². The minimum atomic E-state index is -0.416. The molecule has 0 saturated carbocycles. The Kier molecular flexibility index (Phi) is 7.85. The van der Waals surface area contributed by atoms with Gasteiger partial charge in [0.2, 0.25) is 0 Å². The Morgan fingerprint density at radius 3 is 2.38 bits per heavy atom. The van der Waals surface area contributed by atoms with Crippen LogP contribution < -0.4 is 25.4 Å². The van der Waals surface area contributed by atoms with Crippen LogP contribution >= 0.6 is 0 Å². The minimum Gasteiger partial charge on any atom is -0.497 e. The number of carbonyl (C=O) groups excluding carboxylic acids is 2. The number of urea groups is 1. The largest absolute Gasteiger partial charge is 0.497 e. The molecule has 202 valence electrons. The van der Waals surface area contributed by atoms with Gasteiger partial charge < -0.3 is 20.1 Å². The van der Waals surface area contributed by atoms with Crippen molar-refractivity contribution in [3.8, 4) is 22.9 Å². The highest BCUT2D eigenvalue weighted by Gasteiger charge is 2.22. The van der Waals surface area contributed by atoms with Gasteiger partial charge in [-0.05, 0) is 48.9 Å². The van der Waals surface area contributed by atoms with E-state index in [9.17, 15) is 9.59 Å². The zero-order chi connectivity index (χ0) is 28.2. The molecule has 0 aliphatic heterocycles. The predicted molar refractivity (Wildman–Crippen MR) is 150 cm³/mol. The highest BCUT2D eigenvalue weighted by molar-refractivity contribution is 6.00. The summed E-state index contributed by atoms with van der Waals surface area (Å²) in [4.78, 5) is 28.9. The number of pyridine rings is 1. The molecule has 3 amide bonds. The van der Waals surface area contributed by atoms with Crippen molar-refractivity contribution >= 4 is 23.4 Å². The predicted octanol–water partition coefficient (Wildman–Crippen LogP) is 5.68. The number of ether oxygens (including phenoxy) is 2. The van der Waals surface area contributed by atoms with Crippen molar-refractivity contribution in [3.63, 3.8) is 0 Å². The molecule has 0 aliphatic rings. The van der Waals surface area contributed by atoms with E-state index in [1.165, 1.54) is 6.20 Å². The second-order valence-corrected chi connectivity index (χ2v) is 9.89. The lowest BCUT2D eigenvalue weighted by molar-refractivity contribution is 0.0957. The van der Waals surface area contributed by atoms with Crippen LogP contribution in [0.25, 0.3) is 5.69 Å². The van der Waals surface area contributed by atoms with Crippen molar-refractivity contribution < 1.29 is 19.1 Å². The van der Waals surface area contributed by atoms with E-state index >= 15 is 0 Å². The molecule has 4 aromatic rings. The van der Waals surface area contributed by atoms with Crippen molar-refractivity contribution in [3.05, 3.63) is 83.8 Å². The van der Waals surface area contributed by atoms with Gasteiger partial charge in [0.1, 0.15) is 28.8 Å². The quantitative estimate of drug-likeness (QED) is 0.284. The third-order valence-electron chi connectivity index (χ3n) is 5.89. The molecule has 0 aliphatic carbocycles. The summed E-state index contributed by atoms with van der Waals surface area (Å²) in [6, 6.07) is 17.4. The van der Waals surface area contributed by atoms with E-state index in [0.717, 1.165) is 16.9 Å². The number of hydrogen-bond donors (Lipinski definition) is 3. The van der Waals surface area contributed by atoms with Crippen LogP contribution in [0, 0.1) is 6.92 Å². The highest BCUT2D eigenvalue weighted by Crippen LogP contribution is 2.29. The monoisotopic (exact) mass is 528 g/mol. The summed E-state index contributed by atoms with van der Waals surface area (Å²) in [6.45, 7) is 8.05. The molecule has 0 radical (unpaired) electrons. The number of amides is 3. The number of methoxy groups -OCH3 is 1. The molecule has 0 unspecified atom stereocenters. The third kappa shape index (κ3) is 6.53. The second kappa shape index (κ2) is 11.3. The van der Waals surface area contributed by atoms with Gasteiger partial charge >= 0.3 is 6.03 Å². The van der Waals surface area contributed by atoms with E-state index < -0.39 is 6.03 Å². The van der Waals surface area contributed by atoms with E-state index in [-0.39, 0.29) is 17.0 Å². The summed E-state index contributed by atoms with van der Waals surface area (Å²) >= 11 is 0. The lowest BCUT2D eigenvalue weighted by atomic mass is 9.92. The Labute approximate surface area is 227 Å². The van der Waals surface area contributed by atoms with Crippen LogP contribution in [0.3, 0.4) is 0 Å². The van der Waals surface area contributed by atoms with Crippen LogP contribution in [-0.2, 0) is 5.41 Å². The Morgan fingerprint density at radius 2 is 1.69 bits per heavy atom. The van der Waals surface area contributed by atoms with Gasteiger partial charge in [-0.25, -0.2) is 9.48 Å². The first-order chi connectivity index (χ1) is 18.6. The first-order valence-corrected chi connectivity index (χ1v) is 12.4. The number of carbonyl (C=O) groups is 2. The molecular weight excluding hydrogens is 496 g/mol. The van der Waals surface area contributed by atoms with Gasteiger partial charge in [-0.2, -0.15) is 5.10 Å². The number of rotatable bonds is 7. The summed E-state index contributed by atoms with van der Waals surface area (Å²) in [6.07, 6.45) is 1.51. The Morgan fingerprint density at radius 1 is 0.923 bits per heavy atom. The van der Waals surface area contributed by atoms with Crippen LogP contribution in [0.15, 0.2) is 66.9 Å². The number of aryl methyl sites for hydroxylation is 1. The van der Waals surface area contributed by atoms with Crippen molar-refractivity contribution in [2.75, 3.05) is 24.8 Å². The van der Waals surface area contributed by atoms with Gasteiger partial charge in [0.15, 0.2) is 0 Å². The Hall–Kier alpha value is -4.86. The van der Waals surface area contributed by atoms with Gasteiger partial charge in [-0.15, -0.1) is 0 Å². The van der Waals surface area contributed by atoms with Crippen LogP contribution in [-0.4, -0.2) is 40.9 Å². The van der Waals surface area contributed by atoms with E-state index in [4.69, 9.17) is 14.6 Å². The molecule has 4 rings (SSSR count). The van der Waals surface area contributed by atoms with Gasteiger partial charge in [-0.1, -0.05) is 26.8 Å². The lowest BCUT2D eigenvalue weighted by Crippen LogP contribution is -2.21. The fraction of sp³-hybridized carbons (Fsp3) is 0.241. The second-order valence-electron chi connectivity index (χ2n) is 9.89. The van der Waals surface area contributed by atoms with Crippen LogP contribution in [0.5, 0.6) is 17.2 Å². The van der Waals surface area contributed by atoms with Crippen LogP contribution in [0.4, 0.5) is 16.3 Å². The van der Waals surface area contributed by atoms with Gasteiger partial charge in [0.25, 0.3) is 5.91 Å². The average molecular weight is 529 g/mol. The normalized spacial score (nSPS) is 11.0. The zero-order valence-corrected chi connectivity index (χ0v) is 22.8. The molecular formula is C29H32N6O4. The van der Waals surface area contributed by atoms with E-state index in [1.54, 1.807) is 49.2 Å². The molecule has 0 spiro atoms. The molecule has 0 fully saturated rings. The average Bonchev–Trinajstić information content (AvgIpc) is 3.34. The molecule has 0 bridgehead atoms. The number of hydrogen-bond acceptors (Lipinski definition) is 6. The molecule has 2 heterocycles. The first-order valence-electron chi connectivity index (χ1n) is 12.4. The molecule has 10 nitrogen and oxygen atoms in total. The van der Waals surface area contributed by atoms with Gasteiger partial charge in [0, 0.05) is 42.5 Å². The van der Waals surface area contributed by atoms with Gasteiger partial charge in [-0.3, -0.25) is 15.1 Å². The number of aromatic nitrogens is 3. The molecule has 3 N–H and O–H groups in total. The molecule has 0 atom stereocenters. The summed E-state index contributed by atoms with van der Waals surface area (Å²) in [5, 5.41) is 13.1. The molecule has 2 aromatic carbocycles. The van der Waals surface area contributed by atoms with Crippen molar-refractivity contribution in [2.45, 2.75) is 33.1 Å². The Bertz CT molecular complexity index is 1510. The maximum absolute atomic E-state index is 13.0. The standard InChI is InChI=1S/C29H32N6O4/c1-18-14-21(39-22-12-13-31-24(16-22)27(36)30-5)10-11-23(18)32-28(37)33-26-17-25(29(2,3)4)34-35(26)19-8-7-9-20(15-19)38-6/h7-17H,1-6H3,(H,30,36)(H2,32,33,37). The van der Waals surface area contributed by atoms with E-state index in [1.807, 2.05) is 37.3 Å². The number of nitrogens with zero attached hydrogens (tertiary/aromatic N) is 3. The van der Waals surface area contributed by atoms with Gasteiger partial charge in [0.05, 0.1) is 18.5 Å². The number of anilines is 2. The molecule has 10 heteroatoms. The Balaban J connectivity index is 1.51. The van der Waals surface area contributed by atoms with E-state index in [0.29, 0.717) is 28.8 Å². The molecule has 2 aromatic heterocycles. The number of benzene rings is 2. The zero-order valence-electron chi connectivity index (χ0n) is 22.8. The smallest absolute Gasteiger partial charge is 0.324 e. The van der Waals surface area contributed by atoms with Crippen LogP contribution in [0.2, 0.25) is 0 Å². The summed E-state index contributed by atoms with van der Waals surface area (Å²) < 4.78 is 12.9. The first kappa shape index (κ1) is 27.2. The van der Waals surface area contributed by atoms with Crippen molar-refractivity contribution in [2.24, 2.45) is 0 Å². The SMILES string of the molecule is CNC(=O)c1cc(Oc2ccc(NC(=O)Nc3cc(C(C)(C)C)nn3-c3cccc(OC)c3)c(C)c2)ccn1. The highest BCUT2D eigenvalue weighted by atomic mass is 16.5. The maximum Gasteiger partial charge on any atom is 0.324 e. The van der Waals surface area contributed by atoms with Crippen molar-refractivity contribution in [1.82, 2.24) is 20.1 Å². The summed E-state index contributed by atoms with van der Waals surface area (Å²) in [5.74, 6) is 1.93. The fourth-order valence-electron chi connectivity index (χ4n) is 3.75.